The number of ether oxygens (including phenoxy) is 1. The molecule has 0 aliphatic carbocycles. The van der Waals surface area contributed by atoms with Gasteiger partial charge in [-0.15, -0.1) is 0 Å². The molecule has 1 saturated heterocycles. The lowest BCUT2D eigenvalue weighted by atomic mass is 10.0. The third-order valence-electron chi connectivity index (χ3n) is 4.42. The van der Waals surface area contributed by atoms with E-state index in [4.69, 9.17) is 4.74 Å². The zero-order chi connectivity index (χ0) is 15.9. The number of amides is 1. The summed E-state index contributed by atoms with van der Waals surface area (Å²) in [6.45, 7) is 3.87. The van der Waals surface area contributed by atoms with E-state index in [-0.39, 0.29) is 12.0 Å². The van der Waals surface area contributed by atoms with Gasteiger partial charge in [-0.2, -0.15) is 0 Å². The predicted molar refractivity (Wildman–Crippen MR) is 88.8 cm³/mol. The van der Waals surface area contributed by atoms with Crippen LogP contribution in [0.3, 0.4) is 0 Å². The first-order valence-electron chi connectivity index (χ1n) is 8.49. The van der Waals surface area contributed by atoms with Gasteiger partial charge in [0, 0.05) is 32.3 Å². The van der Waals surface area contributed by atoms with Crippen LogP contribution < -0.4 is 5.32 Å². The zero-order valence-corrected chi connectivity index (χ0v) is 13.5. The van der Waals surface area contributed by atoms with Gasteiger partial charge >= 0.3 is 0 Å². The van der Waals surface area contributed by atoms with Crippen LogP contribution in [0.2, 0.25) is 0 Å². The second-order valence-corrected chi connectivity index (χ2v) is 6.22. The largest absolute Gasteiger partial charge is 0.376 e. The van der Waals surface area contributed by atoms with E-state index in [0.29, 0.717) is 19.5 Å². The van der Waals surface area contributed by atoms with Crippen LogP contribution in [0, 0.1) is 0 Å². The Kier molecular flexibility index (Phi) is 5.77. The van der Waals surface area contributed by atoms with Gasteiger partial charge in [0.15, 0.2) is 0 Å². The molecule has 0 spiro atoms. The lowest BCUT2D eigenvalue weighted by Crippen LogP contribution is -2.37. The number of hydrogen-bond donors (Lipinski definition) is 1. The third kappa shape index (κ3) is 4.88. The van der Waals surface area contributed by atoms with Gasteiger partial charge in [0.05, 0.1) is 18.3 Å². The number of carbonyl (C=O) groups excluding carboxylic acids is 1. The standard InChI is InChI=1S/C18H25N3O2/c22-18(12-15-6-9-19-10-7-15)21(14-17-5-3-11-23-17)13-16-4-1-2-8-20-16/h1-2,4,6,8,17,19H,3,5,7,9-14H2/t17-/m1/s1. The molecule has 1 aromatic heterocycles. The molecule has 23 heavy (non-hydrogen) atoms. The summed E-state index contributed by atoms with van der Waals surface area (Å²) in [6.07, 6.45) is 7.70. The van der Waals surface area contributed by atoms with Gasteiger partial charge in [-0.25, -0.2) is 0 Å². The van der Waals surface area contributed by atoms with Gasteiger partial charge < -0.3 is 15.0 Å². The van der Waals surface area contributed by atoms with Crippen LogP contribution in [0.4, 0.5) is 0 Å². The lowest BCUT2D eigenvalue weighted by molar-refractivity contribution is -0.132. The third-order valence-corrected chi connectivity index (χ3v) is 4.42. The van der Waals surface area contributed by atoms with Crippen LogP contribution in [0.1, 0.15) is 31.4 Å². The Bertz CT molecular complexity index is 538. The number of carbonyl (C=O) groups is 1. The topological polar surface area (TPSA) is 54.5 Å². The molecule has 3 rings (SSSR count). The fourth-order valence-electron chi connectivity index (χ4n) is 3.11. The highest BCUT2D eigenvalue weighted by molar-refractivity contribution is 5.78. The summed E-state index contributed by atoms with van der Waals surface area (Å²) in [5.74, 6) is 0.180. The normalized spacial score (nSPS) is 21.0. The molecule has 5 heteroatoms. The molecule has 2 aliphatic rings. The summed E-state index contributed by atoms with van der Waals surface area (Å²) in [6, 6.07) is 5.83. The number of hydrogen-bond acceptors (Lipinski definition) is 4. The SMILES string of the molecule is O=C(CC1=CCNCC1)N(Cc1ccccn1)C[C@H]1CCCO1. The van der Waals surface area contributed by atoms with Gasteiger partial charge in [0.2, 0.25) is 5.91 Å². The second-order valence-electron chi connectivity index (χ2n) is 6.22. The van der Waals surface area contributed by atoms with Crippen molar-refractivity contribution in [1.29, 1.82) is 0 Å². The molecule has 0 bridgehead atoms. The Balaban J connectivity index is 1.65. The minimum Gasteiger partial charge on any atom is -0.376 e. The molecular weight excluding hydrogens is 290 g/mol. The summed E-state index contributed by atoms with van der Waals surface area (Å²) in [5, 5.41) is 3.28. The van der Waals surface area contributed by atoms with Gasteiger partial charge in [-0.05, 0) is 37.9 Å². The highest BCUT2D eigenvalue weighted by Crippen LogP contribution is 2.18. The maximum absolute atomic E-state index is 12.8. The van der Waals surface area contributed by atoms with Crippen LogP contribution in [-0.2, 0) is 16.1 Å². The van der Waals surface area contributed by atoms with Crippen molar-refractivity contribution in [3.8, 4) is 0 Å². The molecule has 124 valence electrons. The molecule has 5 nitrogen and oxygen atoms in total. The molecule has 3 heterocycles. The molecular formula is C18H25N3O2. The van der Waals surface area contributed by atoms with E-state index < -0.39 is 0 Å². The molecule has 1 aromatic rings. The molecule has 0 unspecified atom stereocenters. The van der Waals surface area contributed by atoms with Gasteiger partial charge in [-0.3, -0.25) is 9.78 Å². The van der Waals surface area contributed by atoms with Crippen molar-refractivity contribution in [2.45, 2.75) is 38.3 Å². The smallest absolute Gasteiger partial charge is 0.227 e. The van der Waals surface area contributed by atoms with Crippen LogP contribution >= 0.6 is 0 Å². The molecule has 0 radical (unpaired) electrons. The Morgan fingerprint density at radius 3 is 3.09 bits per heavy atom. The number of aromatic nitrogens is 1. The fourth-order valence-corrected chi connectivity index (χ4v) is 3.11. The summed E-state index contributed by atoms with van der Waals surface area (Å²) in [5.41, 5.74) is 2.17. The summed E-state index contributed by atoms with van der Waals surface area (Å²) in [4.78, 5) is 19.1. The molecule has 1 atom stereocenters. The number of nitrogens with one attached hydrogen (secondary N) is 1. The maximum atomic E-state index is 12.8. The molecule has 0 aromatic carbocycles. The number of nitrogens with zero attached hydrogens (tertiary/aromatic N) is 2. The molecule has 1 N–H and O–H groups in total. The van der Waals surface area contributed by atoms with E-state index in [2.05, 4.69) is 16.4 Å². The van der Waals surface area contributed by atoms with Crippen molar-refractivity contribution in [2.75, 3.05) is 26.2 Å². The van der Waals surface area contributed by atoms with E-state index in [9.17, 15) is 4.79 Å². The van der Waals surface area contributed by atoms with Crippen molar-refractivity contribution < 1.29 is 9.53 Å². The van der Waals surface area contributed by atoms with Gasteiger partial charge in [0.1, 0.15) is 0 Å². The fraction of sp³-hybridized carbons (Fsp3) is 0.556. The van der Waals surface area contributed by atoms with E-state index in [0.717, 1.165) is 44.7 Å². The second kappa shape index (κ2) is 8.22. The van der Waals surface area contributed by atoms with Crippen LogP contribution in [0.5, 0.6) is 0 Å². The Morgan fingerprint density at radius 2 is 2.39 bits per heavy atom. The minimum absolute atomic E-state index is 0.171. The predicted octanol–water partition coefficient (Wildman–Crippen LogP) is 1.90. The van der Waals surface area contributed by atoms with E-state index in [1.165, 1.54) is 5.57 Å². The first kappa shape index (κ1) is 16.1. The first-order valence-corrected chi connectivity index (χ1v) is 8.49. The molecule has 1 amide bonds. The van der Waals surface area contributed by atoms with Crippen LogP contribution in [0.25, 0.3) is 0 Å². The van der Waals surface area contributed by atoms with Crippen molar-refractivity contribution in [1.82, 2.24) is 15.2 Å². The first-order chi connectivity index (χ1) is 11.3. The van der Waals surface area contributed by atoms with Crippen molar-refractivity contribution in [3.63, 3.8) is 0 Å². The van der Waals surface area contributed by atoms with Crippen molar-refractivity contribution >= 4 is 5.91 Å². The summed E-state index contributed by atoms with van der Waals surface area (Å²) in [7, 11) is 0. The highest BCUT2D eigenvalue weighted by Gasteiger charge is 2.23. The summed E-state index contributed by atoms with van der Waals surface area (Å²) < 4.78 is 5.72. The van der Waals surface area contributed by atoms with Crippen LogP contribution in [-0.4, -0.2) is 48.1 Å². The van der Waals surface area contributed by atoms with E-state index in [1.54, 1.807) is 6.20 Å². The van der Waals surface area contributed by atoms with Crippen molar-refractivity contribution in [3.05, 3.63) is 41.7 Å². The van der Waals surface area contributed by atoms with Gasteiger partial charge in [0.25, 0.3) is 0 Å². The van der Waals surface area contributed by atoms with Crippen LogP contribution in [0.15, 0.2) is 36.0 Å². The Hall–Kier alpha value is -1.72. The van der Waals surface area contributed by atoms with Crippen molar-refractivity contribution in [2.24, 2.45) is 0 Å². The Labute approximate surface area is 137 Å². The quantitative estimate of drug-likeness (QED) is 0.815. The summed E-state index contributed by atoms with van der Waals surface area (Å²) >= 11 is 0. The highest BCUT2D eigenvalue weighted by atomic mass is 16.5. The minimum atomic E-state index is 0.171. The Morgan fingerprint density at radius 1 is 1.43 bits per heavy atom. The van der Waals surface area contributed by atoms with Gasteiger partial charge in [-0.1, -0.05) is 17.7 Å². The number of pyridine rings is 1. The molecule has 0 saturated carbocycles. The number of rotatable bonds is 6. The average Bonchev–Trinajstić information content (AvgIpc) is 3.09. The monoisotopic (exact) mass is 315 g/mol. The lowest BCUT2D eigenvalue weighted by Gasteiger charge is -2.26. The molecule has 2 aliphatic heterocycles. The maximum Gasteiger partial charge on any atom is 0.227 e. The average molecular weight is 315 g/mol. The van der Waals surface area contributed by atoms with E-state index >= 15 is 0 Å². The zero-order valence-electron chi connectivity index (χ0n) is 13.5. The van der Waals surface area contributed by atoms with E-state index in [1.807, 2.05) is 23.1 Å². The molecule has 1 fully saturated rings.